The SMILES string of the molecule is CCOC(=O)C1=C(C)N=c2s/c(=C/c3ccc(-c4ccc([N+](=O)[O-])cc4C)o3)c(=O)n2[C@@H]1c1cc(OC)ccc1OC. The molecule has 11 nitrogen and oxygen atoms in total. The summed E-state index contributed by atoms with van der Waals surface area (Å²) in [5.41, 5.74) is 2.16. The molecular formula is C30H27N3O8S. The molecule has 0 bridgehead atoms. The van der Waals surface area contributed by atoms with Crippen LogP contribution in [0.4, 0.5) is 5.69 Å². The van der Waals surface area contributed by atoms with Crippen LogP contribution in [-0.2, 0) is 9.53 Å². The molecule has 2 aromatic heterocycles. The number of thiazole rings is 1. The lowest BCUT2D eigenvalue weighted by atomic mass is 9.95. The number of ether oxygens (including phenoxy) is 3. The molecule has 12 heteroatoms. The molecule has 3 heterocycles. The summed E-state index contributed by atoms with van der Waals surface area (Å²) in [6, 6.07) is 12.3. The molecule has 0 saturated heterocycles. The van der Waals surface area contributed by atoms with Crippen molar-refractivity contribution in [2.75, 3.05) is 20.8 Å². The topological polar surface area (TPSA) is 135 Å². The van der Waals surface area contributed by atoms with Crippen LogP contribution >= 0.6 is 11.3 Å². The van der Waals surface area contributed by atoms with Crippen molar-refractivity contribution in [1.29, 1.82) is 0 Å². The summed E-state index contributed by atoms with van der Waals surface area (Å²) < 4.78 is 24.2. The van der Waals surface area contributed by atoms with E-state index in [2.05, 4.69) is 4.99 Å². The number of carbonyl (C=O) groups is 1. The Bertz CT molecular complexity index is 1930. The first-order valence-corrected chi connectivity index (χ1v) is 13.7. The number of rotatable bonds is 8. The van der Waals surface area contributed by atoms with Crippen molar-refractivity contribution in [1.82, 2.24) is 4.57 Å². The van der Waals surface area contributed by atoms with E-state index in [4.69, 9.17) is 18.6 Å². The van der Waals surface area contributed by atoms with Gasteiger partial charge in [-0.05, 0) is 62.7 Å². The normalized spacial score (nSPS) is 14.8. The lowest BCUT2D eigenvalue weighted by molar-refractivity contribution is -0.384. The molecule has 5 rings (SSSR count). The summed E-state index contributed by atoms with van der Waals surface area (Å²) in [5.74, 6) is 1.30. The number of allylic oxidation sites excluding steroid dienone is 1. The maximum atomic E-state index is 14.0. The smallest absolute Gasteiger partial charge is 0.338 e. The van der Waals surface area contributed by atoms with Gasteiger partial charge in [0.15, 0.2) is 4.80 Å². The molecule has 0 saturated carbocycles. The van der Waals surface area contributed by atoms with Gasteiger partial charge in [-0.3, -0.25) is 19.5 Å². The number of aromatic nitrogens is 1. The van der Waals surface area contributed by atoms with Gasteiger partial charge < -0.3 is 18.6 Å². The maximum Gasteiger partial charge on any atom is 0.338 e. The van der Waals surface area contributed by atoms with E-state index in [0.717, 1.165) is 11.3 Å². The maximum absolute atomic E-state index is 14.0. The second-order valence-electron chi connectivity index (χ2n) is 9.37. The minimum Gasteiger partial charge on any atom is -0.497 e. The number of non-ortho nitro benzene ring substituents is 1. The third-order valence-electron chi connectivity index (χ3n) is 6.83. The number of nitro groups is 1. The monoisotopic (exact) mass is 589 g/mol. The zero-order chi connectivity index (χ0) is 30.1. The number of hydrogen-bond acceptors (Lipinski definition) is 10. The Morgan fingerprint density at radius 3 is 2.60 bits per heavy atom. The standard InChI is InChI=1S/C30H27N3O8S/c1-6-40-29(35)26-17(3)31-30-32(27(26)22-14-19(38-4)8-11-23(22)39-5)28(34)25(42-30)15-20-9-12-24(41-20)21-10-7-18(33(36)37)13-16(21)2/h7-15,27H,6H2,1-5H3/b25-15+/t27-/m1/s1. The molecule has 0 radical (unpaired) electrons. The summed E-state index contributed by atoms with van der Waals surface area (Å²) in [6.45, 7) is 5.32. The molecule has 42 heavy (non-hydrogen) atoms. The lowest BCUT2D eigenvalue weighted by Gasteiger charge is -2.26. The molecule has 0 unspecified atom stereocenters. The van der Waals surface area contributed by atoms with E-state index in [1.807, 2.05) is 0 Å². The average Bonchev–Trinajstić information content (AvgIpc) is 3.55. The van der Waals surface area contributed by atoms with Crippen molar-refractivity contribution in [3.05, 3.63) is 106 Å². The van der Waals surface area contributed by atoms with Crippen molar-refractivity contribution >= 4 is 29.1 Å². The summed E-state index contributed by atoms with van der Waals surface area (Å²) in [4.78, 5) is 42.8. The number of carbonyl (C=O) groups excluding carboxylic acids is 1. The minimum absolute atomic E-state index is 0.0103. The molecule has 0 spiro atoms. The van der Waals surface area contributed by atoms with Crippen LogP contribution < -0.4 is 24.4 Å². The Morgan fingerprint density at radius 1 is 1.14 bits per heavy atom. The lowest BCUT2D eigenvalue weighted by Crippen LogP contribution is -2.40. The highest BCUT2D eigenvalue weighted by Gasteiger charge is 2.35. The molecule has 0 fully saturated rings. The van der Waals surface area contributed by atoms with Crippen LogP contribution in [0.1, 0.15) is 36.8 Å². The van der Waals surface area contributed by atoms with Gasteiger partial charge in [0.1, 0.15) is 29.1 Å². The molecular weight excluding hydrogens is 562 g/mol. The predicted molar refractivity (Wildman–Crippen MR) is 155 cm³/mol. The Hall–Kier alpha value is -4.97. The fraction of sp³-hybridized carbons (Fsp3) is 0.233. The van der Waals surface area contributed by atoms with Crippen molar-refractivity contribution in [3.63, 3.8) is 0 Å². The summed E-state index contributed by atoms with van der Waals surface area (Å²) in [5, 5.41) is 11.1. The van der Waals surface area contributed by atoms with Gasteiger partial charge >= 0.3 is 5.97 Å². The summed E-state index contributed by atoms with van der Waals surface area (Å²) >= 11 is 1.16. The van der Waals surface area contributed by atoms with Crippen LogP contribution in [0.15, 0.2) is 74.0 Å². The minimum atomic E-state index is -0.887. The third-order valence-corrected chi connectivity index (χ3v) is 7.82. The summed E-state index contributed by atoms with van der Waals surface area (Å²) in [6.07, 6.45) is 1.61. The fourth-order valence-electron chi connectivity index (χ4n) is 4.88. The largest absolute Gasteiger partial charge is 0.497 e. The van der Waals surface area contributed by atoms with Gasteiger partial charge in [-0.2, -0.15) is 0 Å². The highest BCUT2D eigenvalue weighted by Crippen LogP contribution is 2.38. The average molecular weight is 590 g/mol. The van der Waals surface area contributed by atoms with Crippen molar-refractivity contribution in [2.45, 2.75) is 26.8 Å². The quantitative estimate of drug-likeness (QED) is 0.169. The first-order chi connectivity index (χ1) is 20.2. The number of methoxy groups -OCH3 is 2. The molecule has 216 valence electrons. The molecule has 4 aromatic rings. The van der Waals surface area contributed by atoms with E-state index in [1.165, 1.54) is 30.9 Å². The van der Waals surface area contributed by atoms with Crippen LogP contribution in [0.2, 0.25) is 0 Å². The van der Waals surface area contributed by atoms with Crippen LogP contribution in [0.25, 0.3) is 17.4 Å². The Kier molecular flexibility index (Phi) is 7.81. The first-order valence-electron chi connectivity index (χ1n) is 12.9. The van der Waals surface area contributed by atoms with E-state index in [-0.39, 0.29) is 23.4 Å². The number of nitro benzene ring substituents is 1. The van der Waals surface area contributed by atoms with Crippen LogP contribution in [0, 0.1) is 17.0 Å². The van der Waals surface area contributed by atoms with E-state index in [1.54, 1.807) is 63.2 Å². The van der Waals surface area contributed by atoms with Crippen molar-refractivity contribution < 1.29 is 28.3 Å². The molecule has 0 N–H and O–H groups in total. The first kappa shape index (κ1) is 28.6. The second-order valence-corrected chi connectivity index (χ2v) is 10.4. The van der Waals surface area contributed by atoms with E-state index in [9.17, 15) is 19.7 Å². The number of fused-ring (bicyclic) bond motifs is 1. The van der Waals surface area contributed by atoms with Gasteiger partial charge in [0, 0.05) is 29.3 Å². The van der Waals surface area contributed by atoms with Crippen LogP contribution in [0.5, 0.6) is 11.5 Å². The number of nitrogens with zero attached hydrogens (tertiary/aromatic N) is 3. The fourth-order valence-corrected chi connectivity index (χ4v) is 5.91. The predicted octanol–water partition coefficient (Wildman–Crippen LogP) is 4.29. The third kappa shape index (κ3) is 5.12. The zero-order valence-corrected chi connectivity index (χ0v) is 24.3. The van der Waals surface area contributed by atoms with E-state index >= 15 is 0 Å². The van der Waals surface area contributed by atoms with E-state index in [0.29, 0.717) is 54.7 Å². The number of aryl methyl sites for hydroxylation is 1. The number of hydrogen-bond donors (Lipinski definition) is 0. The van der Waals surface area contributed by atoms with Gasteiger partial charge in [-0.15, -0.1) is 0 Å². The molecule has 1 aliphatic heterocycles. The molecule has 2 aromatic carbocycles. The van der Waals surface area contributed by atoms with Gasteiger partial charge in [0.2, 0.25) is 0 Å². The van der Waals surface area contributed by atoms with Crippen molar-refractivity contribution in [2.24, 2.45) is 4.99 Å². The second kappa shape index (κ2) is 11.5. The Balaban J connectivity index is 1.65. The van der Waals surface area contributed by atoms with Crippen LogP contribution in [-0.4, -0.2) is 36.3 Å². The van der Waals surface area contributed by atoms with E-state index < -0.39 is 16.9 Å². The van der Waals surface area contributed by atoms with Gasteiger partial charge in [0.25, 0.3) is 11.2 Å². The number of esters is 1. The number of benzene rings is 2. The summed E-state index contributed by atoms with van der Waals surface area (Å²) in [7, 11) is 3.04. The Morgan fingerprint density at radius 2 is 1.93 bits per heavy atom. The van der Waals surface area contributed by atoms with Crippen molar-refractivity contribution in [3.8, 4) is 22.8 Å². The van der Waals surface area contributed by atoms with Crippen LogP contribution in [0.3, 0.4) is 0 Å². The van der Waals surface area contributed by atoms with Gasteiger partial charge in [-0.1, -0.05) is 11.3 Å². The van der Waals surface area contributed by atoms with Gasteiger partial charge in [-0.25, -0.2) is 9.79 Å². The highest BCUT2D eigenvalue weighted by molar-refractivity contribution is 7.07. The zero-order valence-electron chi connectivity index (χ0n) is 23.5. The molecule has 0 aliphatic carbocycles. The van der Waals surface area contributed by atoms with Gasteiger partial charge in [0.05, 0.1) is 41.6 Å². The Labute approximate surface area is 243 Å². The molecule has 1 atom stereocenters. The molecule has 0 amide bonds. The molecule has 1 aliphatic rings. The highest BCUT2D eigenvalue weighted by atomic mass is 32.1. The number of furan rings is 1.